The van der Waals surface area contributed by atoms with Gasteiger partial charge >= 0.3 is 6.18 Å². The highest BCUT2D eigenvalue weighted by Crippen LogP contribution is 2.33. The zero-order chi connectivity index (χ0) is 16.3. The van der Waals surface area contributed by atoms with Gasteiger partial charge in [-0.2, -0.15) is 18.4 Å². The van der Waals surface area contributed by atoms with Gasteiger partial charge in [-0.25, -0.2) is 0 Å². The Morgan fingerprint density at radius 3 is 2.59 bits per heavy atom. The highest BCUT2D eigenvalue weighted by molar-refractivity contribution is 5.95. The van der Waals surface area contributed by atoms with Crippen molar-refractivity contribution in [2.45, 2.75) is 19.7 Å². The van der Waals surface area contributed by atoms with Crippen LogP contribution >= 0.6 is 0 Å². The van der Waals surface area contributed by atoms with E-state index < -0.39 is 23.5 Å². The molecule has 2 rings (SSSR count). The Bertz CT molecular complexity index is 696. The number of ether oxygens (including phenoxy) is 1. The molecule has 1 aliphatic carbocycles. The summed E-state index contributed by atoms with van der Waals surface area (Å²) in [6.45, 7) is 1.41. The third-order valence-corrected chi connectivity index (χ3v) is 3.31. The van der Waals surface area contributed by atoms with E-state index in [4.69, 9.17) is 10.00 Å². The largest absolute Gasteiger partial charge is 0.492 e. The molecule has 1 aliphatic rings. The number of allylic oxidation sites excluding steroid dienone is 4. The van der Waals surface area contributed by atoms with E-state index in [-0.39, 0.29) is 12.4 Å². The van der Waals surface area contributed by atoms with Gasteiger partial charge in [0.1, 0.15) is 12.4 Å². The van der Waals surface area contributed by atoms with Gasteiger partial charge in [-0.3, -0.25) is 4.79 Å². The molecular formula is C16H12F3NO2. The summed E-state index contributed by atoms with van der Waals surface area (Å²) in [5, 5.41) is 8.97. The molecule has 0 N–H and O–H groups in total. The Morgan fingerprint density at radius 2 is 1.95 bits per heavy atom. The summed E-state index contributed by atoms with van der Waals surface area (Å²) in [4.78, 5) is 11.6. The number of halogens is 3. The molecule has 3 nitrogen and oxygen atoms in total. The van der Waals surface area contributed by atoms with E-state index >= 15 is 0 Å². The lowest BCUT2D eigenvalue weighted by atomic mass is 9.94. The van der Waals surface area contributed by atoms with Crippen LogP contribution in [0, 0.1) is 17.2 Å². The number of alkyl halides is 3. The lowest BCUT2D eigenvalue weighted by Gasteiger charge is -2.21. The molecule has 1 unspecified atom stereocenters. The number of hydrogen-bond acceptors (Lipinski definition) is 3. The topological polar surface area (TPSA) is 50.1 Å². The summed E-state index contributed by atoms with van der Waals surface area (Å²) in [5.41, 5.74) is -0.0997. The van der Waals surface area contributed by atoms with Crippen LogP contribution in [0.3, 0.4) is 0 Å². The number of hydrogen-bond donors (Lipinski definition) is 0. The van der Waals surface area contributed by atoms with Crippen LogP contribution in [0.5, 0.6) is 0 Å². The van der Waals surface area contributed by atoms with E-state index in [9.17, 15) is 18.0 Å². The van der Waals surface area contributed by atoms with Crippen LogP contribution in [0.2, 0.25) is 0 Å². The van der Waals surface area contributed by atoms with Crippen LogP contribution in [-0.4, -0.2) is 12.0 Å². The zero-order valence-electron chi connectivity index (χ0n) is 11.6. The first-order chi connectivity index (χ1) is 10.3. The Balaban J connectivity index is 2.21. The number of nitrogens with zero attached hydrogens (tertiary/aromatic N) is 1. The molecule has 0 fully saturated rings. The average Bonchev–Trinajstić information content (AvgIpc) is 2.47. The highest BCUT2D eigenvalue weighted by Gasteiger charge is 2.37. The van der Waals surface area contributed by atoms with E-state index in [1.165, 1.54) is 6.92 Å². The van der Waals surface area contributed by atoms with Crippen molar-refractivity contribution >= 4 is 5.78 Å². The van der Waals surface area contributed by atoms with Crippen molar-refractivity contribution in [3.63, 3.8) is 0 Å². The molecule has 0 radical (unpaired) electrons. The van der Waals surface area contributed by atoms with Gasteiger partial charge in [0.15, 0.2) is 5.78 Å². The molecule has 114 valence electrons. The minimum Gasteiger partial charge on any atom is -0.492 e. The molecule has 0 aliphatic heterocycles. The predicted octanol–water partition coefficient (Wildman–Crippen LogP) is 3.67. The third kappa shape index (κ3) is 3.37. The molecule has 1 aromatic carbocycles. The summed E-state index contributed by atoms with van der Waals surface area (Å²) in [6, 6.07) is 8.59. The van der Waals surface area contributed by atoms with Gasteiger partial charge in [0.2, 0.25) is 0 Å². The van der Waals surface area contributed by atoms with Crippen molar-refractivity contribution in [1.29, 1.82) is 5.26 Å². The second-order valence-electron chi connectivity index (χ2n) is 4.83. The molecule has 0 spiro atoms. The van der Waals surface area contributed by atoms with E-state index in [1.807, 2.05) is 6.07 Å². The summed E-state index contributed by atoms with van der Waals surface area (Å²) in [7, 11) is 0. The molecule has 0 bridgehead atoms. The number of benzene rings is 1. The number of carbonyl (C=O) groups excluding carboxylic acids is 1. The van der Waals surface area contributed by atoms with Crippen LogP contribution < -0.4 is 0 Å². The van der Waals surface area contributed by atoms with Crippen molar-refractivity contribution < 1.29 is 22.7 Å². The lowest BCUT2D eigenvalue weighted by Crippen LogP contribution is -2.23. The Morgan fingerprint density at radius 1 is 1.27 bits per heavy atom. The van der Waals surface area contributed by atoms with E-state index in [0.717, 1.165) is 6.08 Å². The molecule has 0 amide bonds. The van der Waals surface area contributed by atoms with Gasteiger partial charge in [-0.05, 0) is 25.1 Å². The fourth-order valence-electron chi connectivity index (χ4n) is 1.99. The molecule has 6 heteroatoms. The van der Waals surface area contributed by atoms with Crippen molar-refractivity contribution in [2.75, 3.05) is 0 Å². The van der Waals surface area contributed by atoms with Crippen LogP contribution in [-0.2, 0) is 16.1 Å². The smallest absolute Gasteiger partial charge is 0.416 e. The normalized spacial score (nSPS) is 18.3. The molecule has 0 aromatic heterocycles. The van der Waals surface area contributed by atoms with Crippen LogP contribution in [0.25, 0.3) is 0 Å². The maximum atomic E-state index is 12.7. The summed E-state index contributed by atoms with van der Waals surface area (Å²) in [5.74, 6) is -1.48. The van der Waals surface area contributed by atoms with Gasteiger partial charge in [0.05, 0.1) is 23.1 Å². The highest BCUT2D eigenvalue weighted by atomic mass is 19.4. The number of nitriles is 1. The molecular weight excluding hydrogens is 295 g/mol. The summed E-state index contributed by atoms with van der Waals surface area (Å²) >= 11 is 0. The molecule has 0 heterocycles. The van der Waals surface area contributed by atoms with Crippen molar-refractivity contribution in [3.8, 4) is 6.07 Å². The maximum absolute atomic E-state index is 12.7. The van der Waals surface area contributed by atoms with E-state index in [1.54, 1.807) is 24.3 Å². The minimum atomic E-state index is -4.60. The first-order valence-electron chi connectivity index (χ1n) is 6.48. The Labute approximate surface area is 125 Å². The Hall–Kier alpha value is -2.55. The minimum absolute atomic E-state index is 0.0485. The number of ketones is 1. The van der Waals surface area contributed by atoms with Crippen molar-refractivity contribution in [1.82, 2.24) is 0 Å². The summed E-state index contributed by atoms with van der Waals surface area (Å²) < 4.78 is 43.6. The fraction of sp³-hybridized carbons (Fsp3) is 0.250. The van der Waals surface area contributed by atoms with Gasteiger partial charge in [-0.1, -0.05) is 18.2 Å². The third-order valence-electron chi connectivity index (χ3n) is 3.31. The van der Waals surface area contributed by atoms with E-state index in [2.05, 4.69) is 0 Å². The average molecular weight is 307 g/mol. The second kappa shape index (κ2) is 6.06. The molecule has 0 saturated carbocycles. The van der Waals surface area contributed by atoms with Crippen LogP contribution in [0.4, 0.5) is 13.2 Å². The number of carbonyl (C=O) groups is 1. The molecule has 1 aromatic rings. The molecule has 1 atom stereocenters. The molecule has 0 saturated heterocycles. The van der Waals surface area contributed by atoms with Crippen LogP contribution in [0.1, 0.15) is 18.1 Å². The van der Waals surface area contributed by atoms with Crippen LogP contribution in [0.15, 0.2) is 47.7 Å². The van der Waals surface area contributed by atoms with Gasteiger partial charge in [-0.15, -0.1) is 0 Å². The lowest BCUT2D eigenvalue weighted by molar-refractivity contribution is -0.120. The fourth-order valence-corrected chi connectivity index (χ4v) is 1.99. The predicted molar refractivity (Wildman–Crippen MR) is 72.3 cm³/mol. The van der Waals surface area contributed by atoms with E-state index in [0.29, 0.717) is 17.2 Å². The van der Waals surface area contributed by atoms with Crippen molar-refractivity contribution in [3.05, 3.63) is 58.9 Å². The molecule has 22 heavy (non-hydrogen) atoms. The van der Waals surface area contributed by atoms with Gasteiger partial charge in [0, 0.05) is 5.56 Å². The second-order valence-corrected chi connectivity index (χ2v) is 4.83. The monoisotopic (exact) mass is 307 g/mol. The van der Waals surface area contributed by atoms with Gasteiger partial charge < -0.3 is 4.74 Å². The first-order valence-corrected chi connectivity index (χ1v) is 6.48. The Kier molecular flexibility index (Phi) is 4.36. The quantitative estimate of drug-likeness (QED) is 0.856. The van der Waals surface area contributed by atoms with Gasteiger partial charge in [0.25, 0.3) is 0 Å². The maximum Gasteiger partial charge on any atom is 0.416 e. The van der Waals surface area contributed by atoms with Crippen molar-refractivity contribution in [2.24, 2.45) is 5.92 Å². The summed E-state index contributed by atoms with van der Waals surface area (Å²) in [6.07, 6.45) is -3.18. The first kappa shape index (κ1) is 15.8. The standard InChI is InChI=1S/C16H12F3NO2/c1-10-14(21)6-13(16(17,18)19)7-15(10)22-9-12-5-3-2-4-11(12)8-20/h2-7,10H,9H2,1H3. The SMILES string of the molecule is CC1C(=O)C=C(C(F)(F)F)C=C1OCc1ccccc1C#N. The number of rotatable bonds is 3. The zero-order valence-corrected chi connectivity index (χ0v) is 11.6.